The van der Waals surface area contributed by atoms with Crippen molar-refractivity contribution < 1.29 is 23.7 Å². The molecule has 0 saturated carbocycles. The van der Waals surface area contributed by atoms with Crippen molar-refractivity contribution in [3.63, 3.8) is 0 Å². The van der Waals surface area contributed by atoms with Crippen LogP contribution in [0.4, 0.5) is 0 Å². The van der Waals surface area contributed by atoms with Crippen molar-refractivity contribution in [3.8, 4) is 0 Å². The van der Waals surface area contributed by atoms with Crippen LogP contribution in [0, 0.1) is 0 Å². The van der Waals surface area contributed by atoms with Crippen LogP contribution in [0.1, 0.15) is 24.0 Å². The van der Waals surface area contributed by atoms with Crippen LogP contribution in [0.25, 0.3) is 11.0 Å². The fraction of sp³-hybridized carbons (Fsp3) is 0.250. The normalized spacial score (nSPS) is 16.4. The number of nitrogens with one attached hydrogen (secondary N) is 1. The number of quaternary nitrogens is 1. The highest BCUT2D eigenvalue weighted by molar-refractivity contribution is 6.03. The first-order chi connectivity index (χ1) is 13.7. The van der Waals surface area contributed by atoms with Gasteiger partial charge in [-0.15, -0.1) is 0 Å². The van der Waals surface area contributed by atoms with E-state index < -0.39 is 0 Å². The molecule has 4 rings (SSSR count). The molecule has 0 radical (unpaired) electrons. The molecule has 1 aliphatic heterocycles. The zero-order valence-electron chi connectivity index (χ0n) is 15.4. The minimum absolute atomic E-state index is 0.113. The summed E-state index contributed by atoms with van der Waals surface area (Å²) in [7, 11) is 1.56. The third-order valence-electron chi connectivity index (χ3n) is 4.67. The summed E-state index contributed by atoms with van der Waals surface area (Å²) in [5.74, 6) is 0.969. The lowest BCUT2D eigenvalue weighted by molar-refractivity contribution is -0.633. The van der Waals surface area contributed by atoms with Crippen LogP contribution < -0.4 is 10.6 Å². The highest BCUT2D eigenvalue weighted by atomic mass is 16.3. The van der Waals surface area contributed by atoms with Crippen LogP contribution >= 0.6 is 0 Å². The van der Waals surface area contributed by atoms with Crippen molar-refractivity contribution in [2.45, 2.75) is 12.5 Å². The minimum Gasteiger partial charge on any atom is -0.467 e. The molecule has 0 saturated heterocycles. The molecular formula is C20H21N4O4+. The molecule has 1 atom stereocenters. The first kappa shape index (κ1) is 18.0. The van der Waals surface area contributed by atoms with Crippen LogP contribution in [-0.4, -0.2) is 42.7 Å². The number of amides is 2. The Morgan fingerprint density at radius 1 is 1.25 bits per heavy atom. The minimum atomic E-state index is -0.334. The van der Waals surface area contributed by atoms with Crippen molar-refractivity contribution in [2.24, 2.45) is 5.10 Å². The Morgan fingerprint density at radius 3 is 2.86 bits per heavy atom. The van der Waals surface area contributed by atoms with Gasteiger partial charge in [-0.05, 0) is 24.3 Å². The number of nitrogens with zero attached hydrogens (tertiary/aromatic N) is 2. The molecule has 3 aromatic rings. The van der Waals surface area contributed by atoms with E-state index in [0.29, 0.717) is 23.7 Å². The second-order valence-electron chi connectivity index (χ2n) is 6.54. The molecule has 0 fully saturated rings. The number of carbonyl (C=O) groups is 2. The van der Waals surface area contributed by atoms with E-state index in [0.717, 1.165) is 11.0 Å². The van der Waals surface area contributed by atoms with Gasteiger partial charge in [0.25, 0.3) is 11.8 Å². The number of likely N-dealkylation sites (N-methyl/N-ethyl adjacent to an activating group) is 1. The molecule has 0 spiro atoms. The van der Waals surface area contributed by atoms with Crippen LogP contribution in [0.5, 0.6) is 0 Å². The van der Waals surface area contributed by atoms with E-state index in [4.69, 9.17) is 8.83 Å². The van der Waals surface area contributed by atoms with Crippen LogP contribution in [0.3, 0.4) is 0 Å². The van der Waals surface area contributed by atoms with Gasteiger partial charge in [-0.3, -0.25) is 9.59 Å². The number of hydrazone groups is 1. The Labute approximate surface area is 161 Å². The van der Waals surface area contributed by atoms with Gasteiger partial charge in [-0.25, -0.2) is 5.01 Å². The first-order valence-corrected chi connectivity index (χ1v) is 9.10. The average Bonchev–Trinajstić information content (AvgIpc) is 3.45. The van der Waals surface area contributed by atoms with Gasteiger partial charge in [0.1, 0.15) is 23.1 Å². The van der Waals surface area contributed by atoms with E-state index in [9.17, 15) is 9.59 Å². The average molecular weight is 381 g/mol. The Hall–Kier alpha value is -3.39. The second-order valence-corrected chi connectivity index (χ2v) is 6.54. The molecular weight excluding hydrogens is 360 g/mol. The van der Waals surface area contributed by atoms with Gasteiger partial charge in [0.15, 0.2) is 18.8 Å². The molecule has 28 heavy (non-hydrogen) atoms. The zero-order valence-corrected chi connectivity index (χ0v) is 15.4. The molecule has 0 unspecified atom stereocenters. The Bertz CT molecular complexity index is 989. The molecule has 2 amide bonds. The van der Waals surface area contributed by atoms with Gasteiger partial charge in [-0.2, -0.15) is 5.10 Å². The standard InChI is InChI=1S/C20H20N4O4/c1-21-19(25)11-22-12-20(26)24-15(17-7-4-8-27-17)10-14(23-24)18-9-13-5-2-3-6-16(13)28-18/h2-9,15,22H,10-12H2,1H3,(H,21,25)/p+1/t15-/m0/s1. The summed E-state index contributed by atoms with van der Waals surface area (Å²) < 4.78 is 11.4. The number of rotatable bonds is 6. The van der Waals surface area contributed by atoms with Crippen molar-refractivity contribution in [1.29, 1.82) is 0 Å². The Balaban J connectivity index is 1.57. The summed E-state index contributed by atoms with van der Waals surface area (Å²) in [6, 6.07) is 12.9. The summed E-state index contributed by atoms with van der Waals surface area (Å²) in [6.45, 7) is 0.295. The lowest BCUT2D eigenvalue weighted by atomic mass is 10.1. The van der Waals surface area contributed by atoms with Crippen molar-refractivity contribution in [2.75, 3.05) is 20.1 Å². The van der Waals surface area contributed by atoms with E-state index in [1.165, 1.54) is 5.01 Å². The monoisotopic (exact) mass is 381 g/mol. The maximum atomic E-state index is 12.8. The lowest BCUT2D eigenvalue weighted by Crippen LogP contribution is -2.88. The number of fused-ring (bicyclic) bond motifs is 1. The summed E-state index contributed by atoms with van der Waals surface area (Å²) in [6.07, 6.45) is 2.07. The molecule has 8 heteroatoms. The Kier molecular flexibility index (Phi) is 4.94. The van der Waals surface area contributed by atoms with Crippen molar-refractivity contribution >= 4 is 28.5 Å². The predicted molar refractivity (Wildman–Crippen MR) is 101 cm³/mol. The van der Waals surface area contributed by atoms with Gasteiger partial charge in [0.05, 0.1) is 6.26 Å². The molecule has 0 aliphatic carbocycles. The van der Waals surface area contributed by atoms with Crippen LogP contribution in [0.15, 0.2) is 62.7 Å². The maximum absolute atomic E-state index is 12.8. The molecule has 2 aromatic heterocycles. The van der Waals surface area contributed by atoms with E-state index in [1.807, 2.05) is 36.4 Å². The SMILES string of the molecule is CNC(=O)C[NH2+]CC(=O)N1N=C(c2cc3ccccc3o2)C[C@H]1c1ccco1. The third kappa shape index (κ3) is 3.54. The summed E-state index contributed by atoms with van der Waals surface area (Å²) in [4.78, 5) is 24.1. The highest BCUT2D eigenvalue weighted by Crippen LogP contribution is 2.34. The van der Waals surface area contributed by atoms with E-state index >= 15 is 0 Å². The number of nitrogens with two attached hydrogens (primary N) is 1. The van der Waals surface area contributed by atoms with Crippen molar-refractivity contribution in [3.05, 3.63) is 60.2 Å². The number of benzene rings is 1. The number of para-hydroxylation sites is 1. The summed E-state index contributed by atoms with van der Waals surface area (Å²) in [5.41, 5.74) is 1.47. The molecule has 3 heterocycles. The predicted octanol–water partition coefficient (Wildman–Crippen LogP) is 1.01. The van der Waals surface area contributed by atoms with Gasteiger partial charge >= 0.3 is 0 Å². The van der Waals surface area contributed by atoms with E-state index in [1.54, 1.807) is 24.7 Å². The summed E-state index contributed by atoms with van der Waals surface area (Å²) in [5, 5.41) is 11.1. The molecule has 144 valence electrons. The van der Waals surface area contributed by atoms with E-state index in [2.05, 4.69) is 10.4 Å². The number of hydrogen-bond acceptors (Lipinski definition) is 5. The lowest BCUT2D eigenvalue weighted by Gasteiger charge is -2.18. The number of carbonyl (C=O) groups excluding carboxylic acids is 2. The molecule has 1 aliphatic rings. The molecule has 3 N–H and O–H groups in total. The van der Waals surface area contributed by atoms with Gasteiger partial charge in [0, 0.05) is 18.9 Å². The van der Waals surface area contributed by atoms with E-state index in [-0.39, 0.29) is 30.9 Å². The smallest absolute Gasteiger partial charge is 0.298 e. The fourth-order valence-corrected chi connectivity index (χ4v) is 3.24. The van der Waals surface area contributed by atoms with Crippen molar-refractivity contribution in [1.82, 2.24) is 10.3 Å². The van der Waals surface area contributed by atoms with Crippen LogP contribution in [-0.2, 0) is 9.59 Å². The molecule has 0 bridgehead atoms. The van der Waals surface area contributed by atoms with Crippen LogP contribution in [0.2, 0.25) is 0 Å². The summed E-state index contributed by atoms with van der Waals surface area (Å²) >= 11 is 0. The fourth-order valence-electron chi connectivity index (χ4n) is 3.24. The topological polar surface area (TPSA) is 105 Å². The zero-order chi connectivity index (χ0) is 19.5. The third-order valence-corrected chi connectivity index (χ3v) is 4.67. The quantitative estimate of drug-likeness (QED) is 0.665. The van der Waals surface area contributed by atoms with Gasteiger partial charge in [-0.1, -0.05) is 18.2 Å². The largest absolute Gasteiger partial charge is 0.467 e. The molecule has 8 nitrogen and oxygen atoms in total. The second kappa shape index (κ2) is 7.69. The highest BCUT2D eigenvalue weighted by Gasteiger charge is 2.36. The number of furan rings is 2. The maximum Gasteiger partial charge on any atom is 0.298 e. The van der Waals surface area contributed by atoms with Gasteiger partial charge < -0.3 is 19.5 Å². The molecule has 1 aromatic carbocycles. The Morgan fingerprint density at radius 2 is 2.11 bits per heavy atom. The van der Waals surface area contributed by atoms with Gasteiger partial charge in [0.2, 0.25) is 0 Å². The number of hydrogen-bond donors (Lipinski definition) is 2. The first-order valence-electron chi connectivity index (χ1n) is 9.10.